The van der Waals surface area contributed by atoms with Gasteiger partial charge in [0.2, 0.25) is 0 Å². The molecule has 0 saturated carbocycles. The van der Waals surface area contributed by atoms with E-state index in [0.29, 0.717) is 18.1 Å². The van der Waals surface area contributed by atoms with E-state index in [9.17, 15) is 5.11 Å². The zero-order valence-electron chi connectivity index (χ0n) is 10.7. The molecule has 1 aromatic heterocycles. The van der Waals surface area contributed by atoms with Crippen LogP contribution in [0.1, 0.15) is 23.5 Å². The smallest absolute Gasteiger partial charge is 0.161 e. The van der Waals surface area contributed by atoms with Crippen LogP contribution in [0, 0.1) is 0 Å². The van der Waals surface area contributed by atoms with Crippen LogP contribution in [-0.4, -0.2) is 12.2 Å². The van der Waals surface area contributed by atoms with Gasteiger partial charge in [0, 0.05) is 4.88 Å². The zero-order chi connectivity index (χ0) is 13.8. The number of aliphatic hydroxyl groups is 1. The number of methoxy groups -OCH3 is 1. The summed E-state index contributed by atoms with van der Waals surface area (Å²) < 4.78 is 11.7. The molecule has 0 aliphatic heterocycles. The first-order valence-electron chi connectivity index (χ1n) is 5.83. The van der Waals surface area contributed by atoms with Crippen LogP contribution in [0.15, 0.2) is 30.3 Å². The van der Waals surface area contributed by atoms with E-state index in [1.807, 2.05) is 18.2 Å². The lowest BCUT2D eigenvalue weighted by Crippen LogP contribution is -1.98. The van der Waals surface area contributed by atoms with Crippen molar-refractivity contribution in [1.29, 1.82) is 0 Å². The molecule has 19 heavy (non-hydrogen) atoms. The Balaban J connectivity index is 2.11. The molecule has 2 aromatic rings. The van der Waals surface area contributed by atoms with Crippen LogP contribution < -0.4 is 9.47 Å². The maximum absolute atomic E-state index is 9.54. The highest BCUT2D eigenvalue weighted by Gasteiger charge is 2.09. The van der Waals surface area contributed by atoms with E-state index < -0.39 is 6.10 Å². The largest absolute Gasteiger partial charge is 0.493 e. The van der Waals surface area contributed by atoms with Gasteiger partial charge in [-0.15, -0.1) is 11.3 Å². The SMILES string of the molecule is COc1cc([C@H](C)O)ccc1OCc1ccc(Cl)s1. The van der Waals surface area contributed by atoms with Crippen molar-refractivity contribution >= 4 is 22.9 Å². The van der Waals surface area contributed by atoms with Crippen molar-refractivity contribution in [2.75, 3.05) is 7.11 Å². The molecule has 1 N–H and O–H groups in total. The predicted octanol–water partition coefficient (Wildman–Crippen LogP) is 4.04. The van der Waals surface area contributed by atoms with E-state index in [1.165, 1.54) is 11.3 Å². The van der Waals surface area contributed by atoms with Crippen LogP contribution in [0.3, 0.4) is 0 Å². The number of rotatable bonds is 5. The monoisotopic (exact) mass is 298 g/mol. The summed E-state index contributed by atoms with van der Waals surface area (Å²) in [4.78, 5) is 1.05. The first-order valence-corrected chi connectivity index (χ1v) is 7.02. The molecule has 1 aromatic carbocycles. The van der Waals surface area contributed by atoms with Crippen LogP contribution in [-0.2, 0) is 6.61 Å². The van der Waals surface area contributed by atoms with Gasteiger partial charge in [-0.05, 0) is 36.8 Å². The number of aliphatic hydroxyl groups excluding tert-OH is 1. The summed E-state index contributed by atoms with van der Waals surface area (Å²) >= 11 is 7.35. The summed E-state index contributed by atoms with van der Waals surface area (Å²) in [6.45, 7) is 2.16. The molecular formula is C14H15ClO3S. The highest BCUT2D eigenvalue weighted by atomic mass is 35.5. The van der Waals surface area contributed by atoms with E-state index in [1.54, 1.807) is 26.2 Å². The highest BCUT2D eigenvalue weighted by molar-refractivity contribution is 7.16. The van der Waals surface area contributed by atoms with E-state index in [0.717, 1.165) is 14.8 Å². The molecule has 0 radical (unpaired) electrons. The molecule has 0 aliphatic carbocycles. The number of thiophene rings is 1. The van der Waals surface area contributed by atoms with Gasteiger partial charge in [-0.25, -0.2) is 0 Å². The number of hydrogen-bond donors (Lipinski definition) is 1. The Hall–Kier alpha value is -1.23. The Labute approximate surface area is 121 Å². The van der Waals surface area contributed by atoms with Crippen LogP contribution >= 0.6 is 22.9 Å². The fourth-order valence-electron chi connectivity index (χ4n) is 1.64. The van der Waals surface area contributed by atoms with Crippen molar-refractivity contribution in [2.24, 2.45) is 0 Å². The molecule has 0 bridgehead atoms. The Morgan fingerprint density at radius 2 is 2.05 bits per heavy atom. The lowest BCUT2D eigenvalue weighted by molar-refractivity contribution is 0.198. The van der Waals surface area contributed by atoms with Gasteiger partial charge in [-0.1, -0.05) is 17.7 Å². The third-order valence-electron chi connectivity index (χ3n) is 2.67. The second-order valence-electron chi connectivity index (χ2n) is 4.08. The van der Waals surface area contributed by atoms with Gasteiger partial charge in [0.05, 0.1) is 17.6 Å². The molecular weight excluding hydrogens is 284 g/mol. The van der Waals surface area contributed by atoms with E-state index >= 15 is 0 Å². The molecule has 0 saturated heterocycles. The maximum atomic E-state index is 9.54. The van der Waals surface area contributed by atoms with Gasteiger partial charge in [-0.2, -0.15) is 0 Å². The van der Waals surface area contributed by atoms with Crippen LogP contribution in [0.5, 0.6) is 11.5 Å². The quantitative estimate of drug-likeness (QED) is 0.905. The molecule has 5 heteroatoms. The average Bonchev–Trinajstić information content (AvgIpc) is 2.81. The van der Waals surface area contributed by atoms with Gasteiger partial charge in [0.15, 0.2) is 11.5 Å². The molecule has 3 nitrogen and oxygen atoms in total. The third-order valence-corrected chi connectivity index (χ3v) is 3.87. The number of hydrogen-bond acceptors (Lipinski definition) is 4. The summed E-state index contributed by atoms with van der Waals surface area (Å²) in [6.07, 6.45) is -0.529. The topological polar surface area (TPSA) is 38.7 Å². The number of halogens is 1. The van der Waals surface area contributed by atoms with Crippen molar-refractivity contribution in [2.45, 2.75) is 19.6 Å². The van der Waals surface area contributed by atoms with E-state index in [2.05, 4.69) is 0 Å². The Morgan fingerprint density at radius 3 is 2.63 bits per heavy atom. The van der Waals surface area contributed by atoms with Crippen molar-refractivity contribution in [3.8, 4) is 11.5 Å². The molecule has 102 valence electrons. The Kier molecular flexibility index (Phi) is 4.69. The fourth-order valence-corrected chi connectivity index (χ4v) is 2.64. The van der Waals surface area contributed by atoms with Crippen LogP contribution in [0.2, 0.25) is 4.34 Å². The standard InChI is InChI=1S/C14H15ClO3S/c1-9(16)10-3-5-12(13(7-10)17-2)18-8-11-4-6-14(15)19-11/h3-7,9,16H,8H2,1-2H3/t9-/m0/s1. The predicted molar refractivity (Wildman–Crippen MR) is 77.3 cm³/mol. The summed E-state index contributed by atoms with van der Waals surface area (Å²) in [5.41, 5.74) is 0.795. The van der Waals surface area contributed by atoms with Gasteiger partial charge >= 0.3 is 0 Å². The van der Waals surface area contributed by atoms with Crippen molar-refractivity contribution < 1.29 is 14.6 Å². The molecule has 1 heterocycles. The van der Waals surface area contributed by atoms with Gasteiger partial charge in [-0.3, -0.25) is 0 Å². The molecule has 0 spiro atoms. The summed E-state index contributed by atoms with van der Waals surface area (Å²) in [5, 5.41) is 9.54. The molecule has 0 unspecified atom stereocenters. The first-order chi connectivity index (χ1) is 9.10. The second kappa shape index (κ2) is 6.28. The fraction of sp³-hybridized carbons (Fsp3) is 0.286. The molecule has 1 atom stereocenters. The Bertz CT molecular complexity index is 551. The zero-order valence-corrected chi connectivity index (χ0v) is 12.3. The maximum Gasteiger partial charge on any atom is 0.161 e. The lowest BCUT2D eigenvalue weighted by Gasteiger charge is -2.12. The Morgan fingerprint density at radius 1 is 1.26 bits per heavy atom. The van der Waals surface area contributed by atoms with Gasteiger partial charge in [0.25, 0.3) is 0 Å². The normalized spacial score (nSPS) is 12.2. The second-order valence-corrected chi connectivity index (χ2v) is 5.88. The van der Waals surface area contributed by atoms with Gasteiger partial charge < -0.3 is 14.6 Å². The highest BCUT2D eigenvalue weighted by Crippen LogP contribution is 2.31. The molecule has 0 amide bonds. The van der Waals surface area contributed by atoms with Crippen molar-refractivity contribution in [3.63, 3.8) is 0 Å². The minimum absolute atomic E-state index is 0.446. The van der Waals surface area contributed by atoms with Crippen LogP contribution in [0.25, 0.3) is 0 Å². The molecule has 0 aliphatic rings. The summed E-state index contributed by atoms with van der Waals surface area (Å²) in [5.74, 6) is 1.26. The summed E-state index contributed by atoms with van der Waals surface area (Å²) in [6, 6.07) is 9.18. The first kappa shape index (κ1) is 14.2. The lowest BCUT2D eigenvalue weighted by atomic mass is 10.1. The van der Waals surface area contributed by atoms with Crippen molar-refractivity contribution in [1.82, 2.24) is 0 Å². The minimum atomic E-state index is -0.529. The van der Waals surface area contributed by atoms with E-state index in [4.69, 9.17) is 21.1 Å². The van der Waals surface area contributed by atoms with Crippen molar-refractivity contribution in [3.05, 3.63) is 45.1 Å². The third kappa shape index (κ3) is 3.62. The average molecular weight is 299 g/mol. The van der Waals surface area contributed by atoms with Crippen LogP contribution in [0.4, 0.5) is 0 Å². The molecule has 0 fully saturated rings. The minimum Gasteiger partial charge on any atom is -0.493 e. The number of benzene rings is 1. The summed E-state index contributed by atoms with van der Waals surface area (Å²) in [7, 11) is 1.58. The van der Waals surface area contributed by atoms with E-state index in [-0.39, 0.29) is 0 Å². The number of ether oxygens (including phenoxy) is 2. The van der Waals surface area contributed by atoms with Gasteiger partial charge in [0.1, 0.15) is 6.61 Å². The molecule has 2 rings (SSSR count).